The van der Waals surface area contributed by atoms with Crippen molar-refractivity contribution in [2.45, 2.75) is 9.79 Å². The zero-order valence-corrected chi connectivity index (χ0v) is 10.1. The number of hydrogen-bond donors (Lipinski definition) is 0. The van der Waals surface area contributed by atoms with Crippen molar-refractivity contribution in [1.29, 1.82) is 5.26 Å². The van der Waals surface area contributed by atoms with Crippen LogP contribution in [-0.2, 0) is 0 Å². The highest BCUT2D eigenvalue weighted by molar-refractivity contribution is 7.99. The van der Waals surface area contributed by atoms with E-state index in [1.54, 1.807) is 0 Å². The van der Waals surface area contributed by atoms with Gasteiger partial charge in [0.05, 0.1) is 10.5 Å². The van der Waals surface area contributed by atoms with Crippen LogP contribution in [0.25, 0.3) is 0 Å². The monoisotopic (exact) mass is 256 g/mol. The molecule has 0 aliphatic heterocycles. The Hall–Kier alpha value is -2.32. The first-order valence-electron chi connectivity index (χ1n) is 5.12. The zero-order chi connectivity index (χ0) is 13.0. The second-order valence-corrected chi connectivity index (χ2v) is 4.58. The molecule has 0 heterocycles. The maximum Gasteiger partial charge on any atom is 0.270 e. The van der Waals surface area contributed by atoms with Crippen LogP contribution in [0.15, 0.2) is 58.3 Å². The molecule has 0 fully saturated rings. The normalized spacial score (nSPS) is 9.72. The van der Waals surface area contributed by atoms with Crippen molar-refractivity contribution in [3.63, 3.8) is 0 Å². The Bertz CT molecular complexity index is 621. The fourth-order valence-electron chi connectivity index (χ4n) is 1.42. The molecule has 88 valence electrons. The zero-order valence-electron chi connectivity index (χ0n) is 9.24. The van der Waals surface area contributed by atoms with Crippen LogP contribution in [0.1, 0.15) is 5.56 Å². The average molecular weight is 256 g/mol. The summed E-state index contributed by atoms with van der Waals surface area (Å²) in [5.74, 6) is 0. The van der Waals surface area contributed by atoms with E-state index in [-0.39, 0.29) is 5.69 Å². The maximum atomic E-state index is 10.7. The largest absolute Gasteiger partial charge is 0.270 e. The fourth-order valence-corrected chi connectivity index (χ4v) is 2.37. The molecule has 5 heteroatoms. The quantitative estimate of drug-likeness (QED) is 0.621. The third-order valence-electron chi connectivity index (χ3n) is 2.27. The van der Waals surface area contributed by atoms with Gasteiger partial charge < -0.3 is 0 Å². The van der Waals surface area contributed by atoms with Gasteiger partial charge in [-0.2, -0.15) is 5.26 Å². The molecule has 0 aliphatic carbocycles. The van der Waals surface area contributed by atoms with Crippen LogP contribution < -0.4 is 0 Å². The SMILES string of the molecule is N#Cc1ccc([N+](=O)[O-])cc1Sc1ccccc1. The van der Waals surface area contributed by atoms with Crippen LogP contribution in [0.5, 0.6) is 0 Å². The number of nitrogens with zero attached hydrogens (tertiary/aromatic N) is 2. The Morgan fingerprint density at radius 3 is 2.50 bits per heavy atom. The predicted molar refractivity (Wildman–Crippen MR) is 68.4 cm³/mol. The fraction of sp³-hybridized carbons (Fsp3) is 0. The van der Waals surface area contributed by atoms with Gasteiger partial charge in [-0.1, -0.05) is 30.0 Å². The first kappa shape index (κ1) is 12.1. The van der Waals surface area contributed by atoms with Crippen molar-refractivity contribution in [2.24, 2.45) is 0 Å². The second-order valence-electron chi connectivity index (χ2n) is 3.46. The minimum Gasteiger partial charge on any atom is -0.258 e. The summed E-state index contributed by atoms with van der Waals surface area (Å²) in [6, 6.07) is 15.7. The molecule has 0 saturated heterocycles. The maximum absolute atomic E-state index is 10.7. The van der Waals surface area contributed by atoms with Crippen molar-refractivity contribution in [3.8, 4) is 6.07 Å². The van der Waals surface area contributed by atoms with Crippen LogP contribution in [-0.4, -0.2) is 4.92 Å². The van der Waals surface area contributed by atoms with E-state index in [1.807, 2.05) is 36.4 Å². The van der Waals surface area contributed by atoms with E-state index in [0.29, 0.717) is 10.5 Å². The molecule has 4 nitrogen and oxygen atoms in total. The summed E-state index contributed by atoms with van der Waals surface area (Å²) in [7, 11) is 0. The molecule has 2 aromatic carbocycles. The van der Waals surface area contributed by atoms with E-state index in [4.69, 9.17) is 5.26 Å². The van der Waals surface area contributed by atoms with Crippen molar-refractivity contribution in [1.82, 2.24) is 0 Å². The number of hydrogen-bond acceptors (Lipinski definition) is 4. The van der Waals surface area contributed by atoms with Gasteiger partial charge in [-0.3, -0.25) is 10.1 Å². The number of rotatable bonds is 3. The third kappa shape index (κ3) is 2.67. The van der Waals surface area contributed by atoms with E-state index in [0.717, 1.165) is 4.90 Å². The van der Waals surface area contributed by atoms with Crippen molar-refractivity contribution in [2.75, 3.05) is 0 Å². The van der Waals surface area contributed by atoms with Crippen molar-refractivity contribution >= 4 is 17.4 Å². The van der Waals surface area contributed by atoms with E-state index < -0.39 is 4.92 Å². The number of benzene rings is 2. The van der Waals surface area contributed by atoms with E-state index in [1.165, 1.54) is 30.0 Å². The first-order chi connectivity index (χ1) is 8.70. The van der Waals surface area contributed by atoms with Crippen LogP contribution >= 0.6 is 11.8 Å². The average Bonchev–Trinajstić information content (AvgIpc) is 2.39. The number of nitriles is 1. The minimum absolute atomic E-state index is 0.00701. The van der Waals surface area contributed by atoms with Gasteiger partial charge in [0, 0.05) is 21.9 Å². The summed E-state index contributed by atoms with van der Waals surface area (Å²) in [6.07, 6.45) is 0. The predicted octanol–water partition coefficient (Wildman–Crippen LogP) is 3.62. The molecule has 0 aromatic heterocycles. The van der Waals surface area contributed by atoms with Crippen LogP contribution in [0, 0.1) is 21.4 Å². The molecule has 0 radical (unpaired) electrons. The van der Waals surface area contributed by atoms with Gasteiger partial charge in [-0.05, 0) is 18.2 Å². The lowest BCUT2D eigenvalue weighted by Gasteiger charge is -2.03. The van der Waals surface area contributed by atoms with E-state index >= 15 is 0 Å². The van der Waals surface area contributed by atoms with E-state index in [9.17, 15) is 10.1 Å². The highest BCUT2D eigenvalue weighted by Crippen LogP contribution is 2.32. The highest BCUT2D eigenvalue weighted by Gasteiger charge is 2.11. The second kappa shape index (κ2) is 5.34. The van der Waals surface area contributed by atoms with Gasteiger partial charge in [-0.15, -0.1) is 0 Å². The molecular formula is C13H8N2O2S. The number of nitro groups is 1. The molecule has 0 spiro atoms. The summed E-state index contributed by atoms with van der Waals surface area (Å²) >= 11 is 1.34. The molecule has 2 aromatic rings. The molecular weight excluding hydrogens is 248 g/mol. The summed E-state index contributed by atoms with van der Waals surface area (Å²) in [5, 5.41) is 19.7. The van der Waals surface area contributed by atoms with Crippen molar-refractivity contribution < 1.29 is 4.92 Å². The lowest BCUT2D eigenvalue weighted by molar-refractivity contribution is -0.385. The van der Waals surface area contributed by atoms with Crippen LogP contribution in [0.3, 0.4) is 0 Å². The van der Waals surface area contributed by atoms with E-state index in [2.05, 4.69) is 0 Å². The first-order valence-corrected chi connectivity index (χ1v) is 5.94. The molecule has 0 saturated carbocycles. The Kier molecular flexibility index (Phi) is 3.60. The van der Waals surface area contributed by atoms with Crippen LogP contribution in [0.4, 0.5) is 5.69 Å². The van der Waals surface area contributed by atoms with Gasteiger partial charge in [0.25, 0.3) is 5.69 Å². The summed E-state index contributed by atoms with van der Waals surface area (Å²) in [5.41, 5.74) is 0.432. The Labute approximate surface area is 108 Å². The highest BCUT2D eigenvalue weighted by atomic mass is 32.2. The molecule has 0 unspecified atom stereocenters. The van der Waals surface area contributed by atoms with Gasteiger partial charge >= 0.3 is 0 Å². The lowest BCUT2D eigenvalue weighted by Crippen LogP contribution is -1.90. The standard InChI is InChI=1S/C13H8N2O2S/c14-9-10-6-7-11(15(16)17)8-13(10)18-12-4-2-1-3-5-12/h1-8H. The number of nitro benzene ring substituents is 1. The van der Waals surface area contributed by atoms with Crippen LogP contribution in [0.2, 0.25) is 0 Å². The van der Waals surface area contributed by atoms with Gasteiger partial charge in [0.2, 0.25) is 0 Å². The van der Waals surface area contributed by atoms with Gasteiger partial charge in [-0.25, -0.2) is 0 Å². The third-order valence-corrected chi connectivity index (χ3v) is 3.33. The smallest absolute Gasteiger partial charge is 0.258 e. The molecule has 0 aliphatic rings. The van der Waals surface area contributed by atoms with Crippen molar-refractivity contribution in [3.05, 3.63) is 64.2 Å². The topological polar surface area (TPSA) is 66.9 Å². The minimum atomic E-state index is -0.462. The van der Waals surface area contributed by atoms with Gasteiger partial charge in [0.15, 0.2) is 0 Å². The Morgan fingerprint density at radius 1 is 1.17 bits per heavy atom. The Balaban J connectivity index is 2.39. The molecule has 0 bridgehead atoms. The molecule has 0 N–H and O–H groups in total. The number of non-ortho nitro benzene ring substituents is 1. The molecule has 0 amide bonds. The summed E-state index contributed by atoms with van der Waals surface area (Å²) in [4.78, 5) is 11.8. The molecule has 0 atom stereocenters. The Morgan fingerprint density at radius 2 is 1.89 bits per heavy atom. The molecule has 2 rings (SSSR count). The molecule has 18 heavy (non-hydrogen) atoms. The summed E-state index contributed by atoms with van der Waals surface area (Å²) in [6.45, 7) is 0. The van der Waals surface area contributed by atoms with Gasteiger partial charge in [0.1, 0.15) is 6.07 Å². The lowest BCUT2D eigenvalue weighted by atomic mass is 10.2. The summed E-state index contributed by atoms with van der Waals surface area (Å²) < 4.78 is 0.